The molecule has 0 atom stereocenters. The highest BCUT2D eigenvalue weighted by Crippen LogP contribution is 2.12. The van der Waals surface area contributed by atoms with E-state index in [9.17, 15) is 0 Å². The van der Waals surface area contributed by atoms with Crippen molar-refractivity contribution in [2.45, 2.75) is 13.3 Å². The molecular formula is C13H17N5. The van der Waals surface area contributed by atoms with Crippen molar-refractivity contribution in [2.24, 2.45) is 5.84 Å². The Balaban J connectivity index is 1.94. The molecule has 2 rings (SSSR count). The number of aromatic nitrogens is 2. The third-order valence-corrected chi connectivity index (χ3v) is 2.65. The van der Waals surface area contributed by atoms with Crippen LogP contribution in [-0.2, 0) is 6.42 Å². The Bertz CT molecular complexity index is 498. The molecule has 0 radical (unpaired) electrons. The van der Waals surface area contributed by atoms with Gasteiger partial charge in [-0.3, -0.25) is 5.43 Å². The van der Waals surface area contributed by atoms with Crippen LogP contribution in [0.5, 0.6) is 0 Å². The highest BCUT2D eigenvalue weighted by Gasteiger charge is 2.02. The Kier molecular flexibility index (Phi) is 4.09. The van der Waals surface area contributed by atoms with E-state index >= 15 is 0 Å². The van der Waals surface area contributed by atoms with Crippen LogP contribution in [0.2, 0.25) is 0 Å². The normalized spacial score (nSPS) is 10.1. The number of hydrogen-bond donors (Lipinski definition) is 3. The Hall–Kier alpha value is -2.14. The lowest BCUT2D eigenvalue weighted by molar-refractivity contribution is 0.989. The molecule has 18 heavy (non-hydrogen) atoms. The number of anilines is 2. The maximum absolute atomic E-state index is 5.29. The third-order valence-electron chi connectivity index (χ3n) is 2.65. The fraction of sp³-hybridized carbons (Fsp3) is 0.231. The summed E-state index contributed by atoms with van der Waals surface area (Å²) in [6.07, 6.45) is 2.70. The number of hydrazine groups is 1. The zero-order valence-electron chi connectivity index (χ0n) is 10.4. The van der Waals surface area contributed by atoms with Crippen molar-refractivity contribution in [2.75, 3.05) is 17.3 Å². The second-order valence-corrected chi connectivity index (χ2v) is 4.03. The fourth-order valence-electron chi connectivity index (χ4n) is 1.66. The Morgan fingerprint density at radius 1 is 1.22 bits per heavy atom. The van der Waals surface area contributed by atoms with Gasteiger partial charge in [0.15, 0.2) is 0 Å². The predicted molar refractivity (Wildman–Crippen MR) is 73.2 cm³/mol. The molecule has 0 saturated heterocycles. The average molecular weight is 243 g/mol. The topological polar surface area (TPSA) is 75.9 Å². The summed E-state index contributed by atoms with van der Waals surface area (Å²) in [6, 6.07) is 10.3. The smallest absolute Gasteiger partial charge is 0.239 e. The monoisotopic (exact) mass is 243 g/mol. The maximum Gasteiger partial charge on any atom is 0.239 e. The molecule has 0 saturated carbocycles. The summed E-state index contributed by atoms with van der Waals surface area (Å²) in [6.45, 7) is 2.79. The summed E-state index contributed by atoms with van der Waals surface area (Å²) >= 11 is 0. The minimum absolute atomic E-state index is 0.419. The van der Waals surface area contributed by atoms with Crippen LogP contribution >= 0.6 is 0 Å². The van der Waals surface area contributed by atoms with Crippen molar-refractivity contribution in [3.8, 4) is 0 Å². The SMILES string of the molecule is Cc1cnc(NN)nc1NCCc1ccccc1. The zero-order chi connectivity index (χ0) is 12.8. The lowest BCUT2D eigenvalue weighted by Crippen LogP contribution is -2.13. The summed E-state index contributed by atoms with van der Waals surface area (Å²) in [4.78, 5) is 8.30. The largest absolute Gasteiger partial charge is 0.369 e. The molecule has 0 fully saturated rings. The van der Waals surface area contributed by atoms with Crippen molar-refractivity contribution in [1.29, 1.82) is 0 Å². The highest BCUT2D eigenvalue weighted by atomic mass is 15.3. The third kappa shape index (κ3) is 3.18. The lowest BCUT2D eigenvalue weighted by atomic mass is 10.1. The molecule has 0 bridgehead atoms. The number of nitrogen functional groups attached to an aromatic ring is 1. The number of hydrogen-bond acceptors (Lipinski definition) is 5. The number of benzene rings is 1. The van der Waals surface area contributed by atoms with Gasteiger partial charge in [-0.25, -0.2) is 10.8 Å². The van der Waals surface area contributed by atoms with Gasteiger partial charge in [0.25, 0.3) is 0 Å². The van der Waals surface area contributed by atoms with Gasteiger partial charge < -0.3 is 5.32 Å². The van der Waals surface area contributed by atoms with E-state index in [1.165, 1.54) is 5.56 Å². The van der Waals surface area contributed by atoms with E-state index in [-0.39, 0.29) is 0 Å². The molecule has 4 N–H and O–H groups in total. The van der Waals surface area contributed by atoms with Gasteiger partial charge in [-0.2, -0.15) is 4.98 Å². The molecule has 5 nitrogen and oxygen atoms in total. The molecule has 94 valence electrons. The summed E-state index contributed by atoms with van der Waals surface area (Å²) in [5.41, 5.74) is 4.74. The van der Waals surface area contributed by atoms with Crippen LogP contribution in [0, 0.1) is 6.92 Å². The fourth-order valence-corrected chi connectivity index (χ4v) is 1.66. The summed E-state index contributed by atoms with van der Waals surface area (Å²) in [7, 11) is 0. The Morgan fingerprint density at radius 2 is 2.00 bits per heavy atom. The van der Waals surface area contributed by atoms with E-state index in [0.717, 1.165) is 24.3 Å². The second kappa shape index (κ2) is 5.97. The standard InChI is InChI=1S/C13H17N5/c1-10-9-16-13(18-14)17-12(10)15-8-7-11-5-3-2-4-6-11/h2-6,9H,7-8,14H2,1H3,(H2,15,16,17,18). The van der Waals surface area contributed by atoms with Gasteiger partial charge in [-0.1, -0.05) is 30.3 Å². The van der Waals surface area contributed by atoms with Crippen LogP contribution in [-0.4, -0.2) is 16.5 Å². The number of aryl methyl sites for hydroxylation is 1. The van der Waals surface area contributed by atoms with E-state index in [1.54, 1.807) is 6.20 Å². The highest BCUT2D eigenvalue weighted by molar-refractivity contribution is 5.46. The summed E-state index contributed by atoms with van der Waals surface area (Å²) in [5.74, 6) is 6.52. The quantitative estimate of drug-likeness (QED) is 0.550. The average Bonchev–Trinajstić information content (AvgIpc) is 2.42. The first-order valence-corrected chi connectivity index (χ1v) is 5.87. The van der Waals surface area contributed by atoms with Gasteiger partial charge in [0.1, 0.15) is 5.82 Å². The molecule has 5 heteroatoms. The first-order chi connectivity index (χ1) is 8.79. The lowest BCUT2D eigenvalue weighted by Gasteiger charge is -2.09. The number of rotatable bonds is 5. The molecule has 0 aliphatic carbocycles. The van der Waals surface area contributed by atoms with Gasteiger partial charge in [0, 0.05) is 18.3 Å². The van der Waals surface area contributed by atoms with E-state index in [0.29, 0.717) is 5.95 Å². The molecule has 0 amide bonds. The number of nitrogens with two attached hydrogens (primary N) is 1. The van der Waals surface area contributed by atoms with Crippen molar-refractivity contribution in [1.82, 2.24) is 9.97 Å². The second-order valence-electron chi connectivity index (χ2n) is 4.03. The van der Waals surface area contributed by atoms with Crippen molar-refractivity contribution >= 4 is 11.8 Å². The van der Waals surface area contributed by atoms with Crippen molar-refractivity contribution in [3.05, 3.63) is 47.7 Å². The van der Waals surface area contributed by atoms with Crippen LogP contribution in [0.15, 0.2) is 36.5 Å². The van der Waals surface area contributed by atoms with Gasteiger partial charge in [-0.15, -0.1) is 0 Å². The molecule has 1 heterocycles. The molecular weight excluding hydrogens is 226 g/mol. The number of nitrogens with one attached hydrogen (secondary N) is 2. The van der Waals surface area contributed by atoms with E-state index < -0.39 is 0 Å². The van der Waals surface area contributed by atoms with Gasteiger partial charge in [0.05, 0.1) is 0 Å². The maximum atomic E-state index is 5.29. The minimum atomic E-state index is 0.419. The first kappa shape index (κ1) is 12.3. The van der Waals surface area contributed by atoms with Gasteiger partial charge >= 0.3 is 0 Å². The Morgan fingerprint density at radius 3 is 2.72 bits per heavy atom. The Labute approximate surface area is 106 Å². The molecule has 0 aliphatic heterocycles. The predicted octanol–water partition coefficient (Wildman–Crippen LogP) is 1.73. The molecule has 0 spiro atoms. The van der Waals surface area contributed by atoms with Crippen LogP contribution in [0.4, 0.5) is 11.8 Å². The van der Waals surface area contributed by atoms with Crippen molar-refractivity contribution in [3.63, 3.8) is 0 Å². The molecule has 0 unspecified atom stereocenters. The van der Waals surface area contributed by atoms with Crippen LogP contribution in [0.25, 0.3) is 0 Å². The van der Waals surface area contributed by atoms with E-state index in [1.807, 2.05) is 25.1 Å². The summed E-state index contributed by atoms with van der Waals surface area (Å²) in [5, 5.41) is 3.29. The zero-order valence-corrected chi connectivity index (χ0v) is 10.4. The molecule has 0 aliphatic rings. The van der Waals surface area contributed by atoms with Gasteiger partial charge in [0.2, 0.25) is 5.95 Å². The van der Waals surface area contributed by atoms with Crippen LogP contribution in [0.1, 0.15) is 11.1 Å². The van der Waals surface area contributed by atoms with Crippen LogP contribution < -0.4 is 16.6 Å². The van der Waals surface area contributed by atoms with E-state index in [4.69, 9.17) is 5.84 Å². The van der Waals surface area contributed by atoms with E-state index in [2.05, 4.69) is 32.8 Å². The van der Waals surface area contributed by atoms with Gasteiger partial charge in [-0.05, 0) is 18.9 Å². The first-order valence-electron chi connectivity index (χ1n) is 5.87. The molecule has 1 aromatic heterocycles. The molecule has 2 aromatic rings. The molecule has 1 aromatic carbocycles. The number of nitrogens with zero attached hydrogens (tertiary/aromatic N) is 2. The minimum Gasteiger partial charge on any atom is -0.369 e. The van der Waals surface area contributed by atoms with Crippen LogP contribution in [0.3, 0.4) is 0 Å². The van der Waals surface area contributed by atoms with Crippen molar-refractivity contribution < 1.29 is 0 Å². The summed E-state index contributed by atoms with van der Waals surface area (Å²) < 4.78 is 0.